The third-order valence-electron chi connectivity index (χ3n) is 2.62. The van der Waals surface area contributed by atoms with Gasteiger partial charge in [-0.25, -0.2) is 4.79 Å². The van der Waals surface area contributed by atoms with Crippen LogP contribution in [0.4, 0.5) is 9.93 Å². The summed E-state index contributed by atoms with van der Waals surface area (Å²) in [5.74, 6) is -0.161. The van der Waals surface area contributed by atoms with Crippen molar-refractivity contribution in [3.8, 4) is 0 Å². The van der Waals surface area contributed by atoms with Crippen molar-refractivity contribution in [1.29, 1.82) is 0 Å². The lowest BCUT2D eigenvalue weighted by molar-refractivity contribution is 0.0963. The Morgan fingerprint density at radius 3 is 2.76 bits per heavy atom. The molecule has 0 atom stereocenters. The second-order valence-electron chi connectivity index (χ2n) is 4.21. The SMILES string of the molecule is CNC(=O)c1cccc(CNC(=O)Nc2nnc(C)s2)c1. The van der Waals surface area contributed by atoms with Crippen LogP contribution in [0.25, 0.3) is 0 Å². The number of hydrogen-bond donors (Lipinski definition) is 3. The maximum absolute atomic E-state index is 11.7. The molecular weight excluding hydrogens is 290 g/mol. The van der Waals surface area contributed by atoms with Crippen LogP contribution < -0.4 is 16.0 Å². The highest BCUT2D eigenvalue weighted by molar-refractivity contribution is 7.15. The van der Waals surface area contributed by atoms with Crippen molar-refractivity contribution in [2.45, 2.75) is 13.5 Å². The van der Waals surface area contributed by atoms with Gasteiger partial charge in [-0.15, -0.1) is 10.2 Å². The first-order valence-corrected chi connectivity index (χ1v) is 7.06. The number of benzene rings is 1. The fraction of sp³-hybridized carbons (Fsp3) is 0.231. The molecule has 7 nitrogen and oxygen atoms in total. The number of aromatic nitrogens is 2. The average Bonchev–Trinajstić information content (AvgIpc) is 2.89. The van der Waals surface area contributed by atoms with Crippen molar-refractivity contribution in [3.63, 3.8) is 0 Å². The minimum absolute atomic E-state index is 0.161. The topological polar surface area (TPSA) is 96.0 Å². The van der Waals surface area contributed by atoms with Gasteiger partial charge in [0.1, 0.15) is 5.01 Å². The highest BCUT2D eigenvalue weighted by atomic mass is 32.1. The van der Waals surface area contributed by atoms with Crippen LogP contribution in [0, 0.1) is 6.92 Å². The fourth-order valence-corrected chi connectivity index (χ4v) is 2.22. The van der Waals surface area contributed by atoms with E-state index in [4.69, 9.17) is 0 Å². The number of urea groups is 1. The first-order valence-electron chi connectivity index (χ1n) is 6.24. The Bertz CT molecular complexity index is 656. The summed E-state index contributed by atoms with van der Waals surface area (Å²) in [4.78, 5) is 23.2. The molecule has 3 amide bonds. The van der Waals surface area contributed by atoms with Gasteiger partial charge >= 0.3 is 6.03 Å². The molecular formula is C13H15N5O2S. The standard InChI is InChI=1S/C13H15N5O2S/c1-8-17-18-13(21-8)16-12(20)15-7-9-4-3-5-10(6-9)11(19)14-2/h3-6H,7H2,1-2H3,(H,14,19)(H2,15,16,18,20). The Kier molecular flexibility index (Phi) is 4.83. The Balaban J connectivity index is 1.90. The number of hydrogen-bond acceptors (Lipinski definition) is 5. The quantitative estimate of drug-likeness (QED) is 0.798. The van der Waals surface area contributed by atoms with Crippen LogP contribution in [-0.4, -0.2) is 29.2 Å². The van der Waals surface area contributed by atoms with E-state index in [2.05, 4.69) is 26.1 Å². The number of carbonyl (C=O) groups excluding carboxylic acids is 2. The first kappa shape index (κ1) is 14.9. The van der Waals surface area contributed by atoms with Gasteiger partial charge < -0.3 is 10.6 Å². The number of rotatable bonds is 4. The van der Waals surface area contributed by atoms with Gasteiger partial charge in [0.05, 0.1) is 0 Å². The zero-order valence-electron chi connectivity index (χ0n) is 11.6. The summed E-state index contributed by atoms with van der Waals surface area (Å²) >= 11 is 1.30. The van der Waals surface area contributed by atoms with Crippen LogP contribution in [-0.2, 0) is 6.54 Å². The molecule has 0 unspecified atom stereocenters. The number of nitrogens with one attached hydrogen (secondary N) is 3. The second kappa shape index (κ2) is 6.80. The van der Waals surface area contributed by atoms with Gasteiger partial charge in [-0.1, -0.05) is 23.5 Å². The molecule has 1 aromatic heterocycles. The molecule has 2 rings (SSSR count). The molecule has 0 aliphatic rings. The van der Waals surface area contributed by atoms with E-state index in [1.54, 1.807) is 25.2 Å². The van der Waals surface area contributed by atoms with Crippen molar-refractivity contribution < 1.29 is 9.59 Å². The Labute approximate surface area is 125 Å². The molecule has 110 valence electrons. The van der Waals surface area contributed by atoms with Crippen LogP contribution in [0.15, 0.2) is 24.3 Å². The highest BCUT2D eigenvalue weighted by Crippen LogP contribution is 2.13. The van der Waals surface area contributed by atoms with Gasteiger partial charge in [0.2, 0.25) is 5.13 Å². The minimum atomic E-state index is -0.364. The molecule has 8 heteroatoms. The minimum Gasteiger partial charge on any atom is -0.355 e. The number of aryl methyl sites for hydroxylation is 1. The molecule has 1 heterocycles. The number of amides is 3. The normalized spacial score (nSPS) is 10.0. The third kappa shape index (κ3) is 4.25. The van der Waals surface area contributed by atoms with E-state index < -0.39 is 0 Å². The van der Waals surface area contributed by atoms with Crippen LogP contribution in [0.3, 0.4) is 0 Å². The molecule has 0 aliphatic carbocycles. The van der Waals surface area contributed by atoms with Crippen LogP contribution in [0.2, 0.25) is 0 Å². The smallest absolute Gasteiger partial charge is 0.321 e. The van der Waals surface area contributed by atoms with E-state index in [9.17, 15) is 9.59 Å². The van der Waals surface area contributed by atoms with E-state index >= 15 is 0 Å². The third-order valence-corrected chi connectivity index (χ3v) is 3.37. The predicted octanol–water partition coefficient (Wildman–Crippen LogP) is 1.53. The molecule has 0 radical (unpaired) electrons. The van der Waals surface area contributed by atoms with Crippen LogP contribution in [0.5, 0.6) is 0 Å². The Morgan fingerprint density at radius 2 is 2.10 bits per heavy atom. The van der Waals surface area contributed by atoms with E-state index in [1.807, 2.05) is 13.0 Å². The van der Waals surface area contributed by atoms with Gasteiger partial charge in [-0.3, -0.25) is 10.1 Å². The first-order chi connectivity index (χ1) is 10.1. The summed E-state index contributed by atoms with van der Waals surface area (Å²) in [6, 6.07) is 6.69. The van der Waals surface area contributed by atoms with Gasteiger partial charge in [-0.2, -0.15) is 0 Å². The van der Waals surface area contributed by atoms with E-state index in [0.717, 1.165) is 10.6 Å². The summed E-state index contributed by atoms with van der Waals surface area (Å²) in [7, 11) is 1.57. The maximum atomic E-state index is 11.7. The molecule has 2 aromatic rings. The molecule has 1 aromatic carbocycles. The summed E-state index contributed by atoms with van der Waals surface area (Å²) in [6.07, 6.45) is 0. The number of carbonyl (C=O) groups is 2. The zero-order chi connectivity index (χ0) is 15.2. The van der Waals surface area contributed by atoms with Gasteiger partial charge in [0.15, 0.2) is 0 Å². The van der Waals surface area contributed by atoms with Crippen LogP contribution in [0.1, 0.15) is 20.9 Å². The van der Waals surface area contributed by atoms with Crippen molar-refractivity contribution in [1.82, 2.24) is 20.8 Å². The number of nitrogens with zero attached hydrogens (tertiary/aromatic N) is 2. The monoisotopic (exact) mass is 305 g/mol. The molecule has 0 saturated carbocycles. The molecule has 0 fully saturated rings. The second-order valence-corrected chi connectivity index (χ2v) is 5.40. The van der Waals surface area contributed by atoms with Crippen LogP contribution >= 0.6 is 11.3 Å². The summed E-state index contributed by atoms with van der Waals surface area (Å²) in [6.45, 7) is 2.12. The number of anilines is 1. The van der Waals surface area contributed by atoms with E-state index in [0.29, 0.717) is 17.2 Å². The van der Waals surface area contributed by atoms with Crippen molar-refractivity contribution in [2.75, 3.05) is 12.4 Å². The van der Waals surface area contributed by atoms with E-state index in [1.165, 1.54) is 11.3 Å². The lowest BCUT2D eigenvalue weighted by Gasteiger charge is -2.07. The molecule has 21 heavy (non-hydrogen) atoms. The van der Waals surface area contributed by atoms with Crippen molar-refractivity contribution in [3.05, 3.63) is 40.4 Å². The summed E-state index contributed by atoms with van der Waals surface area (Å²) < 4.78 is 0. The molecule has 0 aliphatic heterocycles. The molecule has 0 bridgehead atoms. The molecule has 0 spiro atoms. The highest BCUT2D eigenvalue weighted by Gasteiger charge is 2.07. The predicted molar refractivity (Wildman–Crippen MR) is 80.3 cm³/mol. The van der Waals surface area contributed by atoms with Gasteiger partial charge in [0, 0.05) is 19.2 Å². The Morgan fingerprint density at radius 1 is 1.29 bits per heavy atom. The van der Waals surface area contributed by atoms with E-state index in [-0.39, 0.29) is 11.9 Å². The van der Waals surface area contributed by atoms with Crippen molar-refractivity contribution >= 4 is 28.4 Å². The maximum Gasteiger partial charge on any atom is 0.321 e. The summed E-state index contributed by atoms with van der Waals surface area (Å²) in [5, 5.41) is 16.7. The lowest BCUT2D eigenvalue weighted by Crippen LogP contribution is -2.28. The molecule has 0 saturated heterocycles. The molecule has 3 N–H and O–H groups in total. The largest absolute Gasteiger partial charge is 0.355 e. The van der Waals surface area contributed by atoms with Crippen molar-refractivity contribution in [2.24, 2.45) is 0 Å². The Hall–Kier alpha value is -2.48. The average molecular weight is 305 g/mol. The lowest BCUT2D eigenvalue weighted by atomic mass is 10.1. The fourth-order valence-electron chi connectivity index (χ4n) is 1.64. The zero-order valence-corrected chi connectivity index (χ0v) is 12.5. The summed E-state index contributed by atoms with van der Waals surface area (Å²) in [5.41, 5.74) is 1.39. The van der Waals surface area contributed by atoms with Gasteiger partial charge in [0.25, 0.3) is 5.91 Å². The van der Waals surface area contributed by atoms with Gasteiger partial charge in [-0.05, 0) is 24.6 Å².